The van der Waals surface area contributed by atoms with Gasteiger partial charge in [0.15, 0.2) is 6.61 Å². The van der Waals surface area contributed by atoms with Gasteiger partial charge in [-0.1, -0.05) is 42.8 Å². The van der Waals surface area contributed by atoms with Gasteiger partial charge in [-0.05, 0) is 36.2 Å². The maximum atomic E-state index is 12.1. The first kappa shape index (κ1) is 17.2. The first-order chi connectivity index (χ1) is 11.1. The van der Waals surface area contributed by atoms with Crippen molar-refractivity contribution in [1.82, 2.24) is 5.32 Å². The number of carbonyl (C=O) groups is 1. The molecule has 0 radical (unpaired) electrons. The Balaban J connectivity index is 1.92. The van der Waals surface area contributed by atoms with Crippen molar-refractivity contribution in [3.05, 3.63) is 59.1 Å². The SMILES string of the molecule is CC[C@H](NC(=O)COc1ccccc1Cl)c1ccc(OC)cc1. The first-order valence-corrected chi connectivity index (χ1v) is 7.82. The van der Waals surface area contributed by atoms with E-state index in [-0.39, 0.29) is 18.6 Å². The summed E-state index contributed by atoms with van der Waals surface area (Å²) in [6.45, 7) is 1.94. The van der Waals surface area contributed by atoms with E-state index in [0.717, 1.165) is 17.7 Å². The molecule has 0 fully saturated rings. The van der Waals surface area contributed by atoms with Crippen LogP contribution in [0.4, 0.5) is 0 Å². The third-order valence-corrected chi connectivity index (χ3v) is 3.77. The highest BCUT2D eigenvalue weighted by Gasteiger charge is 2.13. The molecule has 0 heterocycles. The predicted octanol–water partition coefficient (Wildman–Crippen LogP) is 3.99. The average Bonchev–Trinajstić information content (AvgIpc) is 2.59. The van der Waals surface area contributed by atoms with Crippen LogP contribution in [-0.4, -0.2) is 19.6 Å². The molecule has 0 aromatic heterocycles. The molecule has 0 unspecified atom stereocenters. The van der Waals surface area contributed by atoms with E-state index in [0.29, 0.717) is 10.8 Å². The molecule has 0 saturated carbocycles. The molecule has 0 saturated heterocycles. The Kier molecular flexibility index (Phi) is 6.29. The van der Waals surface area contributed by atoms with Gasteiger partial charge in [0.25, 0.3) is 5.91 Å². The van der Waals surface area contributed by atoms with Gasteiger partial charge in [0.05, 0.1) is 18.2 Å². The van der Waals surface area contributed by atoms with Crippen LogP contribution in [0.2, 0.25) is 5.02 Å². The molecule has 23 heavy (non-hydrogen) atoms. The molecule has 0 aliphatic heterocycles. The van der Waals surface area contributed by atoms with Crippen LogP contribution in [0.3, 0.4) is 0 Å². The van der Waals surface area contributed by atoms with Crippen LogP contribution in [0.5, 0.6) is 11.5 Å². The molecule has 122 valence electrons. The van der Waals surface area contributed by atoms with Crippen molar-refractivity contribution in [3.63, 3.8) is 0 Å². The third-order valence-electron chi connectivity index (χ3n) is 3.46. The van der Waals surface area contributed by atoms with Gasteiger partial charge in [0.2, 0.25) is 0 Å². The van der Waals surface area contributed by atoms with E-state index in [9.17, 15) is 4.79 Å². The molecule has 0 bridgehead atoms. The molecule has 0 spiro atoms. The summed E-state index contributed by atoms with van der Waals surface area (Å²) >= 11 is 6.00. The largest absolute Gasteiger partial charge is 0.497 e. The lowest BCUT2D eigenvalue weighted by atomic mass is 10.0. The summed E-state index contributed by atoms with van der Waals surface area (Å²) in [4.78, 5) is 12.1. The number of hydrogen-bond donors (Lipinski definition) is 1. The van der Waals surface area contributed by atoms with Crippen molar-refractivity contribution in [1.29, 1.82) is 0 Å². The van der Waals surface area contributed by atoms with E-state index in [1.807, 2.05) is 43.3 Å². The zero-order valence-corrected chi connectivity index (χ0v) is 14.0. The summed E-state index contributed by atoms with van der Waals surface area (Å²) in [5, 5.41) is 3.45. The Morgan fingerprint density at radius 3 is 2.48 bits per heavy atom. The fraction of sp³-hybridized carbons (Fsp3) is 0.278. The van der Waals surface area contributed by atoms with E-state index in [2.05, 4.69) is 5.32 Å². The van der Waals surface area contributed by atoms with E-state index in [1.165, 1.54) is 0 Å². The molecule has 5 heteroatoms. The van der Waals surface area contributed by atoms with Crippen LogP contribution in [0.25, 0.3) is 0 Å². The Morgan fingerprint density at radius 2 is 1.87 bits per heavy atom. The summed E-state index contributed by atoms with van der Waals surface area (Å²) in [6, 6.07) is 14.7. The van der Waals surface area contributed by atoms with Crippen LogP contribution in [0.1, 0.15) is 24.9 Å². The van der Waals surface area contributed by atoms with E-state index in [1.54, 1.807) is 19.2 Å². The van der Waals surface area contributed by atoms with Crippen LogP contribution < -0.4 is 14.8 Å². The fourth-order valence-corrected chi connectivity index (χ4v) is 2.39. The van der Waals surface area contributed by atoms with Crippen molar-refractivity contribution >= 4 is 17.5 Å². The van der Waals surface area contributed by atoms with Gasteiger partial charge in [0.1, 0.15) is 11.5 Å². The maximum absolute atomic E-state index is 12.1. The molecular weight excluding hydrogens is 314 g/mol. The number of nitrogens with one attached hydrogen (secondary N) is 1. The highest BCUT2D eigenvalue weighted by molar-refractivity contribution is 6.32. The number of carbonyl (C=O) groups excluding carboxylic acids is 1. The fourth-order valence-electron chi connectivity index (χ4n) is 2.20. The predicted molar refractivity (Wildman–Crippen MR) is 91.1 cm³/mol. The van der Waals surface area contributed by atoms with Crippen molar-refractivity contribution < 1.29 is 14.3 Å². The molecule has 2 rings (SSSR count). The number of benzene rings is 2. The van der Waals surface area contributed by atoms with Crippen LogP contribution >= 0.6 is 11.6 Å². The average molecular weight is 334 g/mol. The second kappa shape index (κ2) is 8.44. The molecule has 1 N–H and O–H groups in total. The lowest BCUT2D eigenvalue weighted by molar-refractivity contribution is -0.123. The zero-order chi connectivity index (χ0) is 16.7. The minimum absolute atomic E-state index is 0.0664. The Bertz CT molecular complexity index is 643. The quantitative estimate of drug-likeness (QED) is 0.833. The van der Waals surface area contributed by atoms with Gasteiger partial charge in [-0.15, -0.1) is 0 Å². The summed E-state index contributed by atoms with van der Waals surface area (Å²) in [5.74, 6) is 1.10. The van der Waals surface area contributed by atoms with Crippen molar-refractivity contribution in [2.24, 2.45) is 0 Å². The summed E-state index contributed by atoms with van der Waals surface area (Å²) in [7, 11) is 1.63. The van der Waals surface area contributed by atoms with Crippen LogP contribution in [0, 0.1) is 0 Å². The highest BCUT2D eigenvalue weighted by atomic mass is 35.5. The van der Waals surface area contributed by atoms with Crippen molar-refractivity contribution in [2.75, 3.05) is 13.7 Å². The number of hydrogen-bond acceptors (Lipinski definition) is 3. The molecule has 1 atom stereocenters. The van der Waals surface area contributed by atoms with Gasteiger partial charge in [0, 0.05) is 0 Å². The number of rotatable bonds is 7. The normalized spacial score (nSPS) is 11.6. The summed E-state index contributed by atoms with van der Waals surface area (Å²) < 4.78 is 10.6. The molecule has 0 aliphatic carbocycles. The Hall–Kier alpha value is -2.20. The second-order valence-corrected chi connectivity index (χ2v) is 5.43. The van der Waals surface area contributed by atoms with Gasteiger partial charge in [-0.25, -0.2) is 0 Å². The molecule has 2 aromatic carbocycles. The smallest absolute Gasteiger partial charge is 0.258 e. The Morgan fingerprint density at radius 1 is 1.17 bits per heavy atom. The maximum Gasteiger partial charge on any atom is 0.258 e. The summed E-state index contributed by atoms with van der Waals surface area (Å²) in [5.41, 5.74) is 1.03. The molecule has 1 amide bonds. The highest BCUT2D eigenvalue weighted by Crippen LogP contribution is 2.23. The van der Waals surface area contributed by atoms with Gasteiger partial charge < -0.3 is 14.8 Å². The standard InChI is InChI=1S/C18H20ClNO3/c1-3-16(13-8-10-14(22-2)11-9-13)20-18(21)12-23-17-7-5-4-6-15(17)19/h4-11,16H,3,12H2,1-2H3,(H,20,21)/t16-/m0/s1. The van der Waals surface area contributed by atoms with Crippen molar-refractivity contribution in [3.8, 4) is 11.5 Å². The zero-order valence-electron chi connectivity index (χ0n) is 13.2. The number of ether oxygens (including phenoxy) is 2. The lowest BCUT2D eigenvalue weighted by Gasteiger charge is -2.18. The minimum Gasteiger partial charge on any atom is -0.497 e. The Labute approximate surface area is 141 Å². The first-order valence-electron chi connectivity index (χ1n) is 7.44. The third kappa shape index (κ3) is 4.89. The minimum atomic E-state index is -0.187. The molecule has 2 aromatic rings. The number of amides is 1. The van der Waals surface area contributed by atoms with Crippen molar-refractivity contribution in [2.45, 2.75) is 19.4 Å². The molecular formula is C18H20ClNO3. The van der Waals surface area contributed by atoms with Crippen LogP contribution in [-0.2, 0) is 4.79 Å². The van der Waals surface area contributed by atoms with Gasteiger partial charge in [-0.2, -0.15) is 0 Å². The van der Waals surface area contributed by atoms with E-state index < -0.39 is 0 Å². The molecule has 4 nitrogen and oxygen atoms in total. The number of para-hydroxylation sites is 1. The number of methoxy groups -OCH3 is 1. The second-order valence-electron chi connectivity index (χ2n) is 5.02. The van der Waals surface area contributed by atoms with E-state index in [4.69, 9.17) is 21.1 Å². The molecule has 0 aliphatic rings. The number of halogens is 1. The van der Waals surface area contributed by atoms with Gasteiger partial charge in [-0.3, -0.25) is 4.79 Å². The van der Waals surface area contributed by atoms with Crippen LogP contribution in [0.15, 0.2) is 48.5 Å². The summed E-state index contributed by atoms with van der Waals surface area (Å²) in [6.07, 6.45) is 0.782. The lowest BCUT2D eigenvalue weighted by Crippen LogP contribution is -2.32. The van der Waals surface area contributed by atoms with E-state index >= 15 is 0 Å². The monoisotopic (exact) mass is 333 g/mol. The van der Waals surface area contributed by atoms with Gasteiger partial charge >= 0.3 is 0 Å². The topological polar surface area (TPSA) is 47.6 Å².